The number of benzene rings is 1. The maximum Gasteiger partial charge on any atom is 0.243 e. The van der Waals surface area contributed by atoms with Gasteiger partial charge in [0.25, 0.3) is 0 Å². The number of nitrogens with two attached hydrogens (primary N) is 1. The molecule has 1 aromatic carbocycles. The molecule has 4 N–H and O–H groups in total. The van der Waals surface area contributed by atoms with Crippen molar-refractivity contribution in [1.82, 2.24) is 5.32 Å². The van der Waals surface area contributed by atoms with Crippen LogP contribution in [0.4, 0.5) is 5.69 Å². The fourth-order valence-corrected chi connectivity index (χ4v) is 1.46. The maximum atomic E-state index is 11.7. The summed E-state index contributed by atoms with van der Waals surface area (Å²) in [5.41, 5.74) is 5.62. The first-order valence-corrected chi connectivity index (χ1v) is 6.18. The molecule has 0 aliphatic rings. The van der Waals surface area contributed by atoms with E-state index in [4.69, 9.17) is 15.2 Å². The van der Waals surface area contributed by atoms with Gasteiger partial charge in [0.1, 0.15) is 11.5 Å². The second kappa shape index (κ2) is 8.00. The number of hydrogen-bond acceptors (Lipinski definition) is 5. The van der Waals surface area contributed by atoms with Crippen molar-refractivity contribution in [2.24, 2.45) is 5.73 Å². The van der Waals surface area contributed by atoms with Crippen LogP contribution in [0.5, 0.6) is 11.5 Å². The van der Waals surface area contributed by atoms with Crippen LogP contribution in [-0.2, 0) is 9.59 Å². The van der Waals surface area contributed by atoms with Gasteiger partial charge in [0.05, 0.1) is 32.5 Å². The molecule has 0 aliphatic carbocycles. The number of anilines is 1. The van der Waals surface area contributed by atoms with E-state index in [9.17, 15) is 9.59 Å². The molecule has 0 unspecified atom stereocenters. The summed E-state index contributed by atoms with van der Waals surface area (Å²) in [5, 5.41) is 5.03. The van der Waals surface area contributed by atoms with Gasteiger partial charge in [0.2, 0.25) is 11.8 Å². The minimum absolute atomic E-state index is 0.154. The van der Waals surface area contributed by atoms with Crippen LogP contribution in [-0.4, -0.2) is 38.6 Å². The third-order valence-corrected chi connectivity index (χ3v) is 2.39. The minimum atomic E-state index is -0.393. The molecule has 1 rings (SSSR count). The summed E-state index contributed by atoms with van der Waals surface area (Å²) in [6.45, 7) is 2.01. The molecule has 0 atom stereocenters. The van der Waals surface area contributed by atoms with E-state index in [1.54, 1.807) is 18.2 Å². The van der Waals surface area contributed by atoms with E-state index >= 15 is 0 Å². The highest BCUT2D eigenvalue weighted by molar-refractivity contribution is 5.96. The molecular weight excluding hydrogens is 262 g/mol. The average molecular weight is 281 g/mol. The van der Waals surface area contributed by atoms with Crippen molar-refractivity contribution in [3.05, 3.63) is 18.2 Å². The summed E-state index contributed by atoms with van der Waals surface area (Å²) < 4.78 is 10.5. The van der Waals surface area contributed by atoms with Crippen molar-refractivity contribution in [3.8, 4) is 11.5 Å². The molecule has 0 aromatic heterocycles. The molecular formula is C13H19N3O4. The van der Waals surface area contributed by atoms with Gasteiger partial charge < -0.3 is 25.8 Å². The maximum absolute atomic E-state index is 11.7. The van der Waals surface area contributed by atoms with E-state index in [0.717, 1.165) is 0 Å². The lowest BCUT2D eigenvalue weighted by molar-refractivity contribution is -0.123. The third kappa shape index (κ3) is 4.77. The van der Waals surface area contributed by atoms with Crippen molar-refractivity contribution >= 4 is 17.5 Å². The molecule has 0 saturated carbocycles. The van der Waals surface area contributed by atoms with Crippen molar-refractivity contribution in [3.63, 3.8) is 0 Å². The zero-order valence-corrected chi connectivity index (χ0v) is 11.6. The Morgan fingerprint density at radius 1 is 1.30 bits per heavy atom. The smallest absolute Gasteiger partial charge is 0.243 e. The van der Waals surface area contributed by atoms with Crippen LogP contribution in [0.2, 0.25) is 0 Å². The molecule has 0 bridgehead atoms. The van der Waals surface area contributed by atoms with Crippen LogP contribution in [0.25, 0.3) is 0 Å². The fraction of sp³-hybridized carbons (Fsp3) is 0.385. The fourth-order valence-electron chi connectivity index (χ4n) is 1.46. The van der Waals surface area contributed by atoms with E-state index in [0.29, 0.717) is 23.8 Å². The highest BCUT2D eigenvalue weighted by Gasteiger charge is 2.10. The molecule has 0 heterocycles. The molecule has 0 saturated heterocycles. The van der Waals surface area contributed by atoms with Crippen LogP contribution in [0, 0.1) is 0 Å². The predicted octanol–water partition coefficient (Wildman–Crippen LogP) is 0.107. The second-order valence-electron chi connectivity index (χ2n) is 3.82. The topological polar surface area (TPSA) is 103 Å². The highest BCUT2D eigenvalue weighted by Crippen LogP contribution is 2.29. The van der Waals surface area contributed by atoms with Gasteiger partial charge in [-0.3, -0.25) is 9.59 Å². The van der Waals surface area contributed by atoms with E-state index in [2.05, 4.69) is 10.6 Å². The van der Waals surface area contributed by atoms with Gasteiger partial charge in [-0.05, 0) is 19.1 Å². The van der Waals surface area contributed by atoms with Gasteiger partial charge in [-0.2, -0.15) is 0 Å². The normalized spacial score (nSPS) is 9.75. The van der Waals surface area contributed by atoms with Gasteiger partial charge in [0.15, 0.2) is 0 Å². The standard InChI is InChI=1S/C13H19N3O4/c1-3-20-11-5-4-9(19-2)6-10(11)16-13(18)8-15-12(17)7-14/h4-6H,3,7-8,14H2,1-2H3,(H,15,17)(H,16,18). The SMILES string of the molecule is CCOc1ccc(OC)cc1NC(=O)CNC(=O)CN. The van der Waals surface area contributed by atoms with E-state index in [1.807, 2.05) is 6.92 Å². The average Bonchev–Trinajstić information content (AvgIpc) is 2.46. The summed E-state index contributed by atoms with van der Waals surface area (Å²) in [6, 6.07) is 5.08. The van der Waals surface area contributed by atoms with Crippen LogP contribution in [0.15, 0.2) is 18.2 Å². The first-order chi connectivity index (χ1) is 9.60. The molecule has 7 heteroatoms. The van der Waals surface area contributed by atoms with E-state index in [-0.39, 0.29) is 19.0 Å². The van der Waals surface area contributed by atoms with Gasteiger partial charge in [-0.15, -0.1) is 0 Å². The third-order valence-electron chi connectivity index (χ3n) is 2.39. The Morgan fingerprint density at radius 2 is 2.05 bits per heavy atom. The van der Waals surface area contributed by atoms with E-state index < -0.39 is 5.91 Å². The van der Waals surface area contributed by atoms with Crippen molar-refractivity contribution in [2.75, 3.05) is 32.1 Å². The van der Waals surface area contributed by atoms with E-state index in [1.165, 1.54) is 7.11 Å². The number of carbonyl (C=O) groups is 2. The molecule has 20 heavy (non-hydrogen) atoms. The van der Waals surface area contributed by atoms with Crippen LogP contribution >= 0.6 is 0 Å². The Kier molecular flexibility index (Phi) is 6.31. The second-order valence-corrected chi connectivity index (χ2v) is 3.82. The first-order valence-electron chi connectivity index (χ1n) is 6.18. The molecule has 0 fully saturated rings. The minimum Gasteiger partial charge on any atom is -0.497 e. The predicted molar refractivity (Wildman–Crippen MR) is 74.9 cm³/mol. The Labute approximate surface area is 117 Å². The molecule has 7 nitrogen and oxygen atoms in total. The quantitative estimate of drug-likeness (QED) is 0.658. The van der Waals surface area contributed by atoms with Gasteiger partial charge in [-0.25, -0.2) is 0 Å². The highest BCUT2D eigenvalue weighted by atomic mass is 16.5. The monoisotopic (exact) mass is 281 g/mol. The number of rotatable bonds is 7. The molecule has 0 spiro atoms. The Bertz CT molecular complexity index is 477. The van der Waals surface area contributed by atoms with Crippen molar-refractivity contribution in [1.29, 1.82) is 0 Å². The molecule has 2 amide bonds. The number of hydrogen-bond donors (Lipinski definition) is 3. The van der Waals surface area contributed by atoms with Gasteiger partial charge in [-0.1, -0.05) is 0 Å². The Balaban J connectivity index is 2.73. The number of carbonyl (C=O) groups excluding carboxylic acids is 2. The lowest BCUT2D eigenvalue weighted by atomic mass is 10.2. The molecule has 110 valence electrons. The Morgan fingerprint density at radius 3 is 2.65 bits per heavy atom. The first kappa shape index (κ1) is 15.8. The van der Waals surface area contributed by atoms with Crippen molar-refractivity contribution < 1.29 is 19.1 Å². The van der Waals surface area contributed by atoms with Gasteiger partial charge in [0, 0.05) is 6.07 Å². The molecule has 0 radical (unpaired) electrons. The summed E-state index contributed by atoms with van der Waals surface area (Å²) in [4.78, 5) is 22.7. The summed E-state index contributed by atoms with van der Waals surface area (Å²) >= 11 is 0. The zero-order valence-electron chi connectivity index (χ0n) is 11.6. The Hall–Kier alpha value is -2.28. The summed E-state index contributed by atoms with van der Waals surface area (Å²) in [5.74, 6) is 0.360. The number of nitrogens with one attached hydrogen (secondary N) is 2. The lowest BCUT2D eigenvalue weighted by Crippen LogP contribution is -2.36. The summed E-state index contributed by atoms with van der Waals surface area (Å²) in [7, 11) is 1.53. The number of amides is 2. The number of methoxy groups -OCH3 is 1. The lowest BCUT2D eigenvalue weighted by Gasteiger charge is -2.13. The van der Waals surface area contributed by atoms with Crippen LogP contribution < -0.4 is 25.8 Å². The summed E-state index contributed by atoms with van der Waals surface area (Å²) in [6.07, 6.45) is 0. The molecule has 1 aromatic rings. The molecule has 0 aliphatic heterocycles. The van der Waals surface area contributed by atoms with Gasteiger partial charge >= 0.3 is 0 Å². The number of ether oxygens (including phenoxy) is 2. The van der Waals surface area contributed by atoms with Crippen LogP contribution in [0.1, 0.15) is 6.92 Å². The van der Waals surface area contributed by atoms with Crippen molar-refractivity contribution in [2.45, 2.75) is 6.92 Å². The zero-order chi connectivity index (χ0) is 15.0. The van der Waals surface area contributed by atoms with Crippen LogP contribution in [0.3, 0.4) is 0 Å². The largest absolute Gasteiger partial charge is 0.497 e.